The highest BCUT2D eigenvalue weighted by atomic mass is 32.1. The third-order valence-corrected chi connectivity index (χ3v) is 5.61. The van der Waals surface area contributed by atoms with Gasteiger partial charge >= 0.3 is 0 Å². The van der Waals surface area contributed by atoms with E-state index in [1.54, 1.807) is 24.3 Å². The number of nitrogens with zero attached hydrogens (tertiary/aromatic N) is 1. The quantitative estimate of drug-likeness (QED) is 0.705. The molecule has 0 saturated carbocycles. The molecule has 1 fully saturated rings. The fraction of sp³-hybridized carbons (Fsp3) is 0.500. The Morgan fingerprint density at radius 2 is 1.96 bits per heavy atom. The van der Waals surface area contributed by atoms with Crippen molar-refractivity contribution >= 4 is 28.2 Å². The molecule has 0 aliphatic carbocycles. The second-order valence-electron chi connectivity index (χ2n) is 7.24. The highest BCUT2D eigenvalue weighted by Gasteiger charge is 2.23. The van der Waals surface area contributed by atoms with Crippen LogP contribution in [0, 0.1) is 5.92 Å². The fourth-order valence-electron chi connectivity index (χ4n) is 3.25. The Hall–Kier alpha value is -2.16. The maximum atomic E-state index is 12.6. The number of hydrogen-bond donors (Lipinski definition) is 2. The van der Waals surface area contributed by atoms with Gasteiger partial charge in [0, 0.05) is 25.7 Å². The molecule has 1 saturated heterocycles. The Kier molecular flexibility index (Phi) is 7.24. The van der Waals surface area contributed by atoms with E-state index >= 15 is 0 Å². The summed E-state index contributed by atoms with van der Waals surface area (Å²) >= 11 is 1.25. The van der Waals surface area contributed by atoms with Crippen molar-refractivity contribution in [3.05, 3.63) is 41.2 Å². The molecule has 0 spiro atoms. The average molecular weight is 406 g/mol. The summed E-state index contributed by atoms with van der Waals surface area (Å²) in [6.07, 6.45) is 2.47. The predicted molar refractivity (Wildman–Crippen MR) is 109 cm³/mol. The van der Waals surface area contributed by atoms with Gasteiger partial charge < -0.3 is 19.8 Å². The number of hydrogen-bond acceptors (Lipinski definition) is 6. The zero-order chi connectivity index (χ0) is 19.9. The average Bonchev–Trinajstić information content (AvgIpc) is 3.37. The smallest absolute Gasteiger partial charge is 0.291 e. The van der Waals surface area contributed by atoms with E-state index in [1.807, 2.05) is 0 Å². The first-order chi connectivity index (χ1) is 13.5. The van der Waals surface area contributed by atoms with Crippen molar-refractivity contribution in [1.82, 2.24) is 10.2 Å². The first kappa shape index (κ1) is 20.6. The summed E-state index contributed by atoms with van der Waals surface area (Å²) < 4.78 is 10.5. The van der Waals surface area contributed by atoms with Crippen LogP contribution in [0.4, 0.5) is 5.00 Å². The lowest BCUT2D eigenvalue weighted by atomic mass is 10.0. The van der Waals surface area contributed by atoms with Crippen molar-refractivity contribution in [2.45, 2.75) is 26.3 Å². The van der Waals surface area contributed by atoms with Gasteiger partial charge in [-0.15, -0.1) is 11.3 Å². The molecule has 1 unspecified atom stereocenters. The zero-order valence-electron chi connectivity index (χ0n) is 16.3. The summed E-state index contributed by atoms with van der Waals surface area (Å²) in [5, 5.41) is 6.41. The normalized spacial score (nSPS) is 16.1. The lowest BCUT2D eigenvalue weighted by Crippen LogP contribution is -2.49. The number of carbonyl (C=O) groups is 2. The van der Waals surface area contributed by atoms with E-state index in [9.17, 15) is 9.59 Å². The minimum Gasteiger partial charge on any atom is -0.459 e. The van der Waals surface area contributed by atoms with Gasteiger partial charge in [-0.25, -0.2) is 0 Å². The summed E-state index contributed by atoms with van der Waals surface area (Å²) in [4.78, 5) is 27.6. The highest BCUT2D eigenvalue weighted by molar-refractivity contribution is 7.18. The summed E-state index contributed by atoms with van der Waals surface area (Å²) in [6, 6.07) is 7.00. The second-order valence-corrected chi connectivity index (χ2v) is 8.32. The summed E-state index contributed by atoms with van der Waals surface area (Å²) in [5.41, 5.74) is 0. The molecule has 2 aromatic heterocycles. The number of rotatable bonds is 8. The molecule has 28 heavy (non-hydrogen) atoms. The van der Waals surface area contributed by atoms with E-state index in [-0.39, 0.29) is 17.6 Å². The molecule has 7 nitrogen and oxygen atoms in total. The van der Waals surface area contributed by atoms with Crippen molar-refractivity contribution in [3.8, 4) is 0 Å². The van der Waals surface area contributed by atoms with Gasteiger partial charge in [-0.2, -0.15) is 0 Å². The molecule has 1 atom stereocenters. The maximum absolute atomic E-state index is 12.6. The number of furan rings is 1. The second kappa shape index (κ2) is 9.86. The van der Waals surface area contributed by atoms with Gasteiger partial charge in [0.25, 0.3) is 11.8 Å². The number of amides is 2. The molecule has 0 radical (unpaired) electrons. The van der Waals surface area contributed by atoms with Gasteiger partial charge in [-0.05, 0) is 36.6 Å². The first-order valence-corrected chi connectivity index (χ1v) is 10.4. The molecular weight excluding hydrogens is 378 g/mol. The monoisotopic (exact) mass is 405 g/mol. The Morgan fingerprint density at radius 3 is 2.64 bits per heavy atom. The molecule has 152 valence electrons. The zero-order valence-corrected chi connectivity index (χ0v) is 17.1. The minimum atomic E-state index is -0.330. The molecule has 0 bridgehead atoms. The van der Waals surface area contributed by atoms with Crippen LogP contribution in [0.5, 0.6) is 0 Å². The first-order valence-electron chi connectivity index (χ1n) is 9.57. The van der Waals surface area contributed by atoms with Crippen LogP contribution < -0.4 is 10.6 Å². The SMILES string of the molecule is CC(C)CC(CNC(=O)c1ccc(NC(=O)c2ccco2)s1)N1CCOCC1. The van der Waals surface area contributed by atoms with Crippen molar-refractivity contribution < 1.29 is 18.7 Å². The molecule has 8 heteroatoms. The molecule has 0 aromatic carbocycles. The van der Waals surface area contributed by atoms with Gasteiger partial charge in [0.15, 0.2) is 5.76 Å². The molecule has 2 aromatic rings. The van der Waals surface area contributed by atoms with Gasteiger partial charge in [0.05, 0.1) is 29.4 Å². The van der Waals surface area contributed by atoms with Crippen molar-refractivity contribution in [2.24, 2.45) is 5.92 Å². The van der Waals surface area contributed by atoms with Crippen LogP contribution in [0.25, 0.3) is 0 Å². The standard InChI is InChI=1S/C20H27N3O4S/c1-14(2)12-15(23-7-10-26-11-8-23)13-21-20(25)17-5-6-18(28-17)22-19(24)16-4-3-9-27-16/h3-6,9,14-15H,7-8,10-13H2,1-2H3,(H,21,25)(H,22,24). The number of nitrogens with one attached hydrogen (secondary N) is 2. The van der Waals surface area contributed by atoms with Crippen LogP contribution in [0.2, 0.25) is 0 Å². The number of thiophene rings is 1. The molecule has 1 aliphatic rings. The van der Waals surface area contributed by atoms with Crippen LogP contribution in [0.1, 0.15) is 40.5 Å². The molecule has 2 amide bonds. The topological polar surface area (TPSA) is 83.8 Å². The van der Waals surface area contributed by atoms with Crippen LogP contribution in [0.3, 0.4) is 0 Å². The molecular formula is C20H27N3O4S. The largest absolute Gasteiger partial charge is 0.459 e. The van der Waals surface area contributed by atoms with Crippen LogP contribution in [-0.4, -0.2) is 55.6 Å². The van der Waals surface area contributed by atoms with Crippen LogP contribution in [0.15, 0.2) is 34.9 Å². The summed E-state index contributed by atoms with van der Waals surface area (Å²) in [6.45, 7) is 8.27. The van der Waals surface area contributed by atoms with Crippen LogP contribution >= 0.6 is 11.3 Å². The lowest BCUT2D eigenvalue weighted by molar-refractivity contribution is 0.0125. The lowest BCUT2D eigenvalue weighted by Gasteiger charge is -2.35. The number of morpholine rings is 1. The molecule has 3 rings (SSSR count). The van der Waals surface area contributed by atoms with Gasteiger partial charge in [-0.1, -0.05) is 13.8 Å². The Bertz CT molecular complexity index is 766. The minimum absolute atomic E-state index is 0.120. The van der Waals surface area contributed by atoms with E-state index in [0.29, 0.717) is 28.4 Å². The Labute approximate surface area is 169 Å². The molecule has 3 heterocycles. The Balaban J connectivity index is 1.54. The van der Waals surface area contributed by atoms with E-state index in [1.165, 1.54) is 17.6 Å². The predicted octanol–water partition coefficient (Wildman–Crippen LogP) is 3.07. The highest BCUT2D eigenvalue weighted by Crippen LogP contribution is 2.23. The summed E-state index contributed by atoms with van der Waals surface area (Å²) in [5.74, 6) is 0.338. The van der Waals surface area contributed by atoms with E-state index in [2.05, 4.69) is 29.4 Å². The third kappa shape index (κ3) is 5.67. The van der Waals surface area contributed by atoms with E-state index in [0.717, 1.165) is 32.7 Å². The van der Waals surface area contributed by atoms with E-state index < -0.39 is 0 Å². The van der Waals surface area contributed by atoms with Gasteiger partial charge in [0.1, 0.15) is 0 Å². The number of carbonyl (C=O) groups excluding carboxylic acids is 2. The molecule has 1 aliphatic heterocycles. The maximum Gasteiger partial charge on any atom is 0.291 e. The number of ether oxygens (including phenoxy) is 1. The van der Waals surface area contributed by atoms with Crippen LogP contribution in [-0.2, 0) is 4.74 Å². The number of anilines is 1. The third-order valence-electron chi connectivity index (χ3n) is 4.62. The van der Waals surface area contributed by atoms with Gasteiger partial charge in [-0.3, -0.25) is 14.5 Å². The van der Waals surface area contributed by atoms with E-state index in [4.69, 9.17) is 9.15 Å². The molecule has 2 N–H and O–H groups in total. The summed E-state index contributed by atoms with van der Waals surface area (Å²) in [7, 11) is 0. The van der Waals surface area contributed by atoms with Crippen molar-refractivity contribution in [3.63, 3.8) is 0 Å². The Morgan fingerprint density at radius 1 is 1.18 bits per heavy atom. The van der Waals surface area contributed by atoms with Gasteiger partial charge in [0.2, 0.25) is 0 Å². The fourth-order valence-corrected chi connectivity index (χ4v) is 4.07. The van der Waals surface area contributed by atoms with Crippen molar-refractivity contribution in [1.29, 1.82) is 0 Å². The van der Waals surface area contributed by atoms with Crippen molar-refractivity contribution in [2.75, 3.05) is 38.2 Å².